The summed E-state index contributed by atoms with van der Waals surface area (Å²) in [6.45, 7) is 1.47. The third-order valence-corrected chi connectivity index (χ3v) is 1.38. The molecule has 0 saturated heterocycles. The Morgan fingerprint density at radius 2 is 2.00 bits per heavy atom. The van der Waals surface area contributed by atoms with Gasteiger partial charge in [-0.25, -0.2) is 0 Å². The van der Waals surface area contributed by atoms with Crippen LogP contribution < -0.4 is 5.32 Å². The Hall–Kier alpha value is -1.13. The number of hydrogen-bond donors (Lipinski definition) is 1. The summed E-state index contributed by atoms with van der Waals surface area (Å²) < 4.78 is 40.8. The molecule has 12 heavy (non-hydrogen) atoms. The minimum absolute atomic E-state index is 0.0278. The maximum atomic E-state index is 12.1. The van der Waals surface area contributed by atoms with Crippen molar-refractivity contribution in [3.05, 3.63) is 17.6 Å². The second-order valence-electron chi connectivity index (χ2n) is 2.35. The lowest BCUT2D eigenvalue weighted by molar-refractivity contribution is -0.152. The molecule has 1 aromatic rings. The summed E-state index contributed by atoms with van der Waals surface area (Å²) in [7, 11) is 1.42. The molecule has 0 aliphatic rings. The van der Waals surface area contributed by atoms with E-state index in [-0.39, 0.29) is 11.4 Å². The number of furan rings is 1. The molecule has 5 heteroatoms. The third-order valence-electron chi connectivity index (χ3n) is 1.38. The summed E-state index contributed by atoms with van der Waals surface area (Å²) in [6, 6.07) is 1.31. The summed E-state index contributed by atoms with van der Waals surface area (Å²) in [5, 5.41) is 2.41. The molecule has 0 atom stereocenters. The lowest BCUT2D eigenvalue weighted by Crippen LogP contribution is -2.06. The molecule has 1 aromatic heterocycles. The highest BCUT2D eigenvalue weighted by molar-refractivity contribution is 5.48. The average Bonchev–Trinajstić information content (AvgIpc) is 2.29. The summed E-state index contributed by atoms with van der Waals surface area (Å²) >= 11 is 0. The minimum Gasteiger partial charge on any atom is -0.455 e. The highest BCUT2D eigenvalue weighted by atomic mass is 19.4. The van der Waals surface area contributed by atoms with Crippen molar-refractivity contribution < 1.29 is 17.6 Å². The van der Waals surface area contributed by atoms with E-state index in [1.165, 1.54) is 20.0 Å². The topological polar surface area (TPSA) is 25.2 Å². The van der Waals surface area contributed by atoms with Gasteiger partial charge in [0.1, 0.15) is 5.76 Å². The second kappa shape index (κ2) is 2.73. The van der Waals surface area contributed by atoms with Crippen LogP contribution in [-0.4, -0.2) is 7.05 Å². The van der Waals surface area contributed by atoms with Crippen molar-refractivity contribution in [3.63, 3.8) is 0 Å². The van der Waals surface area contributed by atoms with Crippen molar-refractivity contribution in [1.82, 2.24) is 0 Å². The standard InChI is InChI=1S/C7H8F3NO/c1-4-3-5(11-2)6(12-4)7(8,9)10/h3,11H,1-2H3. The fourth-order valence-electron chi connectivity index (χ4n) is 0.911. The van der Waals surface area contributed by atoms with E-state index in [9.17, 15) is 13.2 Å². The van der Waals surface area contributed by atoms with Gasteiger partial charge < -0.3 is 9.73 Å². The number of halogens is 3. The molecule has 0 aliphatic carbocycles. The molecule has 0 radical (unpaired) electrons. The Balaban J connectivity index is 3.13. The van der Waals surface area contributed by atoms with Crippen LogP contribution in [0.3, 0.4) is 0 Å². The molecule has 0 spiro atoms. The minimum atomic E-state index is -4.42. The van der Waals surface area contributed by atoms with Crippen LogP contribution in [0.25, 0.3) is 0 Å². The van der Waals surface area contributed by atoms with Gasteiger partial charge in [0.2, 0.25) is 5.76 Å². The van der Waals surface area contributed by atoms with Gasteiger partial charge in [-0.05, 0) is 6.92 Å². The SMILES string of the molecule is CNc1cc(C)oc1C(F)(F)F. The quantitative estimate of drug-likeness (QED) is 0.716. The number of aryl methyl sites for hydroxylation is 1. The molecular formula is C7H8F3NO. The van der Waals surface area contributed by atoms with Gasteiger partial charge in [0.25, 0.3) is 0 Å². The van der Waals surface area contributed by atoms with Crippen LogP contribution in [-0.2, 0) is 6.18 Å². The number of anilines is 1. The molecule has 0 saturated carbocycles. The van der Waals surface area contributed by atoms with E-state index in [4.69, 9.17) is 0 Å². The predicted molar refractivity (Wildman–Crippen MR) is 38.0 cm³/mol. The summed E-state index contributed by atoms with van der Waals surface area (Å²) in [5.74, 6) is -0.728. The largest absolute Gasteiger partial charge is 0.455 e. The Kier molecular flexibility index (Phi) is 2.04. The van der Waals surface area contributed by atoms with Crippen molar-refractivity contribution in [2.75, 3.05) is 12.4 Å². The Bertz CT molecular complexity index is 277. The normalized spacial score (nSPS) is 11.8. The van der Waals surface area contributed by atoms with Gasteiger partial charge in [-0.2, -0.15) is 13.2 Å². The molecule has 0 aromatic carbocycles. The van der Waals surface area contributed by atoms with Crippen LogP contribution in [0.5, 0.6) is 0 Å². The van der Waals surface area contributed by atoms with Crippen molar-refractivity contribution in [3.8, 4) is 0 Å². The van der Waals surface area contributed by atoms with Crippen molar-refractivity contribution in [2.24, 2.45) is 0 Å². The first-order chi connectivity index (χ1) is 5.45. The highest BCUT2D eigenvalue weighted by Gasteiger charge is 2.37. The van der Waals surface area contributed by atoms with Crippen LogP contribution in [0.2, 0.25) is 0 Å². The van der Waals surface area contributed by atoms with Gasteiger partial charge in [0.05, 0.1) is 5.69 Å². The molecule has 2 nitrogen and oxygen atoms in total. The first-order valence-electron chi connectivity index (χ1n) is 3.30. The molecule has 1 N–H and O–H groups in total. The first kappa shape index (κ1) is 8.96. The fraction of sp³-hybridized carbons (Fsp3) is 0.429. The van der Waals surface area contributed by atoms with E-state index in [2.05, 4.69) is 9.73 Å². The molecule has 0 unspecified atom stereocenters. The van der Waals surface area contributed by atoms with E-state index in [1.807, 2.05) is 0 Å². The molecule has 1 heterocycles. The number of rotatable bonds is 1. The van der Waals surface area contributed by atoms with Gasteiger partial charge >= 0.3 is 6.18 Å². The van der Waals surface area contributed by atoms with Gasteiger partial charge in [0, 0.05) is 13.1 Å². The molecule has 68 valence electrons. The molecule has 0 amide bonds. The summed E-state index contributed by atoms with van der Waals surface area (Å²) in [4.78, 5) is 0. The third kappa shape index (κ3) is 1.54. The lowest BCUT2D eigenvalue weighted by Gasteiger charge is -2.04. The zero-order chi connectivity index (χ0) is 9.35. The van der Waals surface area contributed by atoms with E-state index < -0.39 is 11.9 Å². The van der Waals surface area contributed by atoms with E-state index in [0.29, 0.717) is 0 Å². The van der Waals surface area contributed by atoms with Gasteiger partial charge in [-0.1, -0.05) is 0 Å². The smallest absolute Gasteiger partial charge is 0.451 e. The monoisotopic (exact) mass is 179 g/mol. The van der Waals surface area contributed by atoms with E-state index in [1.54, 1.807) is 0 Å². The Morgan fingerprint density at radius 1 is 1.42 bits per heavy atom. The van der Waals surface area contributed by atoms with Crippen molar-refractivity contribution in [2.45, 2.75) is 13.1 Å². The van der Waals surface area contributed by atoms with Crippen LogP contribution >= 0.6 is 0 Å². The van der Waals surface area contributed by atoms with E-state index in [0.717, 1.165) is 0 Å². The molecule has 1 rings (SSSR count). The van der Waals surface area contributed by atoms with Crippen molar-refractivity contribution in [1.29, 1.82) is 0 Å². The van der Waals surface area contributed by atoms with E-state index >= 15 is 0 Å². The van der Waals surface area contributed by atoms with Gasteiger partial charge in [-0.15, -0.1) is 0 Å². The summed E-state index contributed by atoms with van der Waals surface area (Å²) in [5.41, 5.74) is -0.0278. The van der Waals surface area contributed by atoms with Gasteiger partial charge in [-0.3, -0.25) is 0 Å². The summed E-state index contributed by atoms with van der Waals surface area (Å²) in [6.07, 6.45) is -4.42. The molecule has 0 aliphatic heterocycles. The van der Waals surface area contributed by atoms with Crippen LogP contribution in [0, 0.1) is 6.92 Å². The Morgan fingerprint density at radius 3 is 2.33 bits per heavy atom. The maximum absolute atomic E-state index is 12.1. The molecule has 0 bridgehead atoms. The van der Waals surface area contributed by atoms with Crippen LogP contribution in [0.4, 0.5) is 18.9 Å². The fourth-order valence-corrected chi connectivity index (χ4v) is 0.911. The predicted octanol–water partition coefficient (Wildman–Crippen LogP) is 2.65. The lowest BCUT2D eigenvalue weighted by atomic mass is 10.3. The van der Waals surface area contributed by atoms with Gasteiger partial charge in [0.15, 0.2) is 0 Å². The second-order valence-corrected chi connectivity index (χ2v) is 2.35. The zero-order valence-electron chi connectivity index (χ0n) is 6.62. The maximum Gasteiger partial charge on any atom is 0.451 e. The van der Waals surface area contributed by atoms with Crippen LogP contribution in [0.15, 0.2) is 10.5 Å². The molecule has 0 fully saturated rings. The van der Waals surface area contributed by atoms with Crippen molar-refractivity contribution >= 4 is 5.69 Å². The number of nitrogens with one attached hydrogen (secondary N) is 1. The Labute approximate surface area is 67.4 Å². The molecular weight excluding hydrogens is 171 g/mol. The number of hydrogen-bond acceptors (Lipinski definition) is 2. The number of alkyl halides is 3. The zero-order valence-corrected chi connectivity index (χ0v) is 6.62. The highest BCUT2D eigenvalue weighted by Crippen LogP contribution is 2.36. The first-order valence-corrected chi connectivity index (χ1v) is 3.30. The average molecular weight is 179 g/mol. The van der Waals surface area contributed by atoms with Crippen LogP contribution in [0.1, 0.15) is 11.5 Å².